The summed E-state index contributed by atoms with van der Waals surface area (Å²) in [5.41, 5.74) is 3.99. The highest BCUT2D eigenvalue weighted by Crippen LogP contribution is 2.22. The van der Waals surface area contributed by atoms with Gasteiger partial charge in [0, 0.05) is 23.5 Å². The van der Waals surface area contributed by atoms with Gasteiger partial charge in [0.15, 0.2) is 6.29 Å². The molecule has 2 aromatic rings. The summed E-state index contributed by atoms with van der Waals surface area (Å²) in [6.07, 6.45) is 4.16. The van der Waals surface area contributed by atoms with E-state index in [0.717, 1.165) is 17.4 Å². The van der Waals surface area contributed by atoms with Crippen LogP contribution >= 0.6 is 0 Å². The van der Waals surface area contributed by atoms with Gasteiger partial charge in [-0.05, 0) is 23.1 Å². The highest BCUT2D eigenvalue weighted by molar-refractivity contribution is 5.77. The molecule has 0 radical (unpaired) electrons. The fraction of sp³-hybridized carbons (Fsp3) is 0.200. The Hall–Kier alpha value is -1.96. The molecule has 0 unspecified atom stereocenters. The quantitative estimate of drug-likeness (QED) is 0.746. The molecule has 1 aromatic heterocycles. The van der Waals surface area contributed by atoms with Crippen LogP contribution in [0.5, 0.6) is 0 Å². The lowest BCUT2D eigenvalue weighted by Crippen LogP contribution is -1.88. The second-order valence-electron chi connectivity index (χ2n) is 4.40. The highest BCUT2D eigenvalue weighted by atomic mass is 16.1. The average Bonchev–Trinajstić information content (AvgIpc) is 2.39. The summed E-state index contributed by atoms with van der Waals surface area (Å²) in [6.45, 7) is 4.34. The molecule has 0 amide bonds. The topological polar surface area (TPSA) is 30.0 Å². The van der Waals surface area contributed by atoms with E-state index < -0.39 is 0 Å². The van der Waals surface area contributed by atoms with Crippen LogP contribution in [0.15, 0.2) is 42.7 Å². The summed E-state index contributed by atoms with van der Waals surface area (Å²) in [7, 11) is 0. The van der Waals surface area contributed by atoms with Gasteiger partial charge in [0.25, 0.3) is 0 Å². The lowest BCUT2D eigenvalue weighted by Gasteiger charge is -2.07. The summed E-state index contributed by atoms with van der Waals surface area (Å²) in [5.74, 6) is 0.531. The van der Waals surface area contributed by atoms with E-state index in [2.05, 4.69) is 43.1 Å². The third-order valence-electron chi connectivity index (χ3n) is 2.81. The van der Waals surface area contributed by atoms with Crippen molar-refractivity contribution in [3.63, 3.8) is 0 Å². The fourth-order valence-corrected chi connectivity index (χ4v) is 1.74. The minimum Gasteiger partial charge on any atom is -0.298 e. The molecule has 0 atom stereocenters. The van der Waals surface area contributed by atoms with Gasteiger partial charge in [-0.15, -0.1) is 0 Å². The lowest BCUT2D eigenvalue weighted by molar-refractivity contribution is 0.112. The second kappa shape index (κ2) is 4.91. The van der Waals surface area contributed by atoms with Crippen molar-refractivity contribution in [3.8, 4) is 11.1 Å². The maximum atomic E-state index is 10.7. The number of carbonyl (C=O) groups excluding carboxylic acids is 1. The molecule has 1 aromatic carbocycles. The minimum atomic E-state index is 0.531. The standard InChI is InChI=1S/C15H15NO/c1-11(2)13-3-5-14(6-4-13)15-7-12(10-17)8-16-9-15/h3-11H,1-2H3. The molecule has 2 heteroatoms. The van der Waals surface area contributed by atoms with E-state index in [1.807, 2.05) is 6.07 Å². The summed E-state index contributed by atoms with van der Waals surface area (Å²) in [4.78, 5) is 14.8. The minimum absolute atomic E-state index is 0.531. The number of aromatic nitrogens is 1. The van der Waals surface area contributed by atoms with Gasteiger partial charge in [-0.1, -0.05) is 38.1 Å². The number of pyridine rings is 1. The predicted molar refractivity (Wildman–Crippen MR) is 69.1 cm³/mol. The molecular weight excluding hydrogens is 210 g/mol. The van der Waals surface area contributed by atoms with Crippen molar-refractivity contribution in [2.24, 2.45) is 0 Å². The van der Waals surface area contributed by atoms with Crippen molar-refractivity contribution in [2.45, 2.75) is 19.8 Å². The van der Waals surface area contributed by atoms with Gasteiger partial charge in [-0.2, -0.15) is 0 Å². The molecule has 0 bridgehead atoms. The van der Waals surface area contributed by atoms with Crippen molar-refractivity contribution >= 4 is 6.29 Å². The third kappa shape index (κ3) is 2.59. The average molecular weight is 225 g/mol. The summed E-state index contributed by atoms with van der Waals surface area (Å²) < 4.78 is 0. The molecule has 0 fully saturated rings. The van der Waals surface area contributed by atoms with Crippen LogP contribution in [0.25, 0.3) is 11.1 Å². The van der Waals surface area contributed by atoms with Crippen molar-refractivity contribution < 1.29 is 4.79 Å². The van der Waals surface area contributed by atoms with E-state index in [9.17, 15) is 4.79 Å². The van der Waals surface area contributed by atoms with Crippen LogP contribution in [0.4, 0.5) is 0 Å². The fourth-order valence-electron chi connectivity index (χ4n) is 1.74. The van der Waals surface area contributed by atoms with Crippen molar-refractivity contribution in [2.75, 3.05) is 0 Å². The highest BCUT2D eigenvalue weighted by Gasteiger charge is 2.02. The van der Waals surface area contributed by atoms with Crippen LogP contribution in [-0.4, -0.2) is 11.3 Å². The van der Waals surface area contributed by atoms with Crippen LogP contribution in [0.1, 0.15) is 35.7 Å². The molecule has 0 aliphatic heterocycles. The monoisotopic (exact) mass is 225 g/mol. The van der Waals surface area contributed by atoms with Gasteiger partial charge < -0.3 is 0 Å². The second-order valence-corrected chi connectivity index (χ2v) is 4.40. The number of hydrogen-bond donors (Lipinski definition) is 0. The molecule has 1 heterocycles. The molecule has 86 valence electrons. The van der Waals surface area contributed by atoms with Crippen LogP contribution in [0.2, 0.25) is 0 Å². The molecule has 0 saturated heterocycles. The first-order chi connectivity index (χ1) is 8.20. The van der Waals surface area contributed by atoms with E-state index in [-0.39, 0.29) is 0 Å². The van der Waals surface area contributed by atoms with Crippen molar-refractivity contribution in [1.29, 1.82) is 0 Å². The first kappa shape index (κ1) is 11.5. The molecule has 2 nitrogen and oxygen atoms in total. The summed E-state index contributed by atoms with van der Waals surface area (Å²) in [6, 6.07) is 10.2. The van der Waals surface area contributed by atoms with E-state index in [1.54, 1.807) is 12.4 Å². The molecule has 2 rings (SSSR count). The maximum Gasteiger partial charge on any atom is 0.151 e. The number of nitrogens with zero attached hydrogens (tertiary/aromatic N) is 1. The Morgan fingerprint density at radius 1 is 1.06 bits per heavy atom. The first-order valence-corrected chi connectivity index (χ1v) is 5.71. The Balaban J connectivity index is 2.36. The molecule has 0 N–H and O–H groups in total. The number of hydrogen-bond acceptors (Lipinski definition) is 2. The number of carbonyl (C=O) groups is 1. The molecular formula is C15H15NO. The number of rotatable bonds is 3. The third-order valence-corrected chi connectivity index (χ3v) is 2.81. The van der Waals surface area contributed by atoms with Crippen molar-refractivity contribution in [3.05, 3.63) is 53.9 Å². The van der Waals surface area contributed by atoms with Crippen LogP contribution < -0.4 is 0 Å². The normalized spacial score (nSPS) is 10.5. The predicted octanol–water partition coefficient (Wildman–Crippen LogP) is 3.68. The van der Waals surface area contributed by atoms with Gasteiger partial charge in [-0.3, -0.25) is 9.78 Å². The van der Waals surface area contributed by atoms with Gasteiger partial charge in [0.05, 0.1) is 0 Å². The number of aldehydes is 1. The Morgan fingerprint density at radius 3 is 2.35 bits per heavy atom. The Bertz CT molecular complexity index is 515. The van der Waals surface area contributed by atoms with Gasteiger partial charge >= 0.3 is 0 Å². The van der Waals surface area contributed by atoms with Gasteiger partial charge in [0.1, 0.15) is 0 Å². The smallest absolute Gasteiger partial charge is 0.151 e. The summed E-state index contributed by atoms with van der Waals surface area (Å²) in [5, 5.41) is 0. The van der Waals surface area contributed by atoms with E-state index in [1.165, 1.54) is 5.56 Å². The zero-order valence-corrected chi connectivity index (χ0v) is 10.1. The molecule has 0 saturated carbocycles. The van der Waals surface area contributed by atoms with Crippen molar-refractivity contribution in [1.82, 2.24) is 4.98 Å². The first-order valence-electron chi connectivity index (χ1n) is 5.71. The SMILES string of the molecule is CC(C)c1ccc(-c2cncc(C=O)c2)cc1. The van der Waals surface area contributed by atoms with Crippen LogP contribution in [-0.2, 0) is 0 Å². The Labute approximate surface area is 101 Å². The Kier molecular flexibility index (Phi) is 3.33. The maximum absolute atomic E-state index is 10.7. The molecule has 0 aliphatic rings. The zero-order chi connectivity index (χ0) is 12.3. The molecule has 0 spiro atoms. The van der Waals surface area contributed by atoms with Gasteiger partial charge in [0.2, 0.25) is 0 Å². The lowest BCUT2D eigenvalue weighted by atomic mass is 9.99. The van der Waals surface area contributed by atoms with Crippen LogP contribution in [0, 0.1) is 0 Å². The Morgan fingerprint density at radius 2 is 1.76 bits per heavy atom. The summed E-state index contributed by atoms with van der Waals surface area (Å²) >= 11 is 0. The van der Waals surface area contributed by atoms with E-state index >= 15 is 0 Å². The molecule has 0 aliphatic carbocycles. The van der Waals surface area contributed by atoms with Gasteiger partial charge in [-0.25, -0.2) is 0 Å². The largest absolute Gasteiger partial charge is 0.298 e. The van der Waals surface area contributed by atoms with Crippen LogP contribution in [0.3, 0.4) is 0 Å². The molecule has 17 heavy (non-hydrogen) atoms. The number of benzene rings is 1. The van der Waals surface area contributed by atoms with E-state index in [4.69, 9.17) is 0 Å². The van der Waals surface area contributed by atoms with E-state index in [0.29, 0.717) is 11.5 Å². The zero-order valence-electron chi connectivity index (χ0n) is 10.1.